The second-order valence-corrected chi connectivity index (χ2v) is 16.5. The lowest BCUT2D eigenvalue weighted by molar-refractivity contribution is -0.671. The summed E-state index contributed by atoms with van der Waals surface area (Å²) in [5, 5.41) is 21.3. The van der Waals surface area contributed by atoms with Gasteiger partial charge in [-0.05, 0) is 146 Å². The Hall–Kier alpha value is -9.24. The lowest BCUT2D eigenvalue weighted by atomic mass is 10.1. The number of hydrogen-bond donors (Lipinski definition) is 8. The van der Waals surface area contributed by atoms with Crippen LogP contribution in [-0.4, -0.2) is 21.8 Å². The number of rotatable bonds is 12. The first-order chi connectivity index (χ1) is 34.1. The molecular weight excluding hydrogens is 944 g/mol. The number of anilines is 12. The van der Waals surface area contributed by atoms with Crippen molar-refractivity contribution in [1.29, 1.82) is 0 Å². The van der Waals surface area contributed by atoms with Crippen molar-refractivity contribution in [2.45, 2.75) is 0 Å². The van der Waals surface area contributed by atoms with Crippen LogP contribution >= 0.6 is 0 Å². The number of pyridine rings is 4. The highest BCUT2D eigenvalue weighted by atomic mass is 35.5. The van der Waals surface area contributed by atoms with Crippen LogP contribution in [0, 0.1) is 0 Å². The van der Waals surface area contributed by atoms with Crippen LogP contribution in [0.25, 0.3) is 21.8 Å². The van der Waals surface area contributed by atoms with Gasteiger partial charge in [0.1, 0.15) is 14.1 Å². The molecule has 10 N–H and O–H groups in total. The molecule has 10 aromatic rings. The van der Waals surface area contributed by atoms with Crippen molar-refractivity contribution in [2.24, 2.45) is 14.1 Å². The van der Waals surface area contributed by atoms with Gasteiger partial charge in [0.25, 0.3) is 11.8 Å². The number of carbonyl (C=O) groups is 2. The van der Waals surface area contributed by atoms with Gasteiger partial charge < -0.3 is 68.2 Å². The lowest BCUT2D eigenvalue weighted by Gasteiger charge is -2.11. The standard InChI is InChI=1S/2C28H24N6O.2ClH/c2*1-34-16-13-24(14-17-34)31-21-7-9-23(10-8-21)33-28(35)19-2-5-22(6-3-19)32-26-12-15-30-27-18-20(29)4-11-25(26)27;;/h2*2-18H,1H3,(H4,29,30,32,33,35);2*1H. The molecule has 360 valence electrons. The van der Waals surface area contributed by atoms with E-state index in [9.17, 15) is 9.59 Å². The van der Waals surface area contributed by atoms with E-state index < -0.39 is 0 Å². The Morgan fingerprint density at radius 1 is 0.389 bits per heavy atom. The van der Waals surface area contributed by atoms with Crippen molar-refractivity contribution < 1.29 is 43.5 Å². The topological polar surface area (TPSA) is 192 Å². The van der Waals surface area contributed by atoms with Crippen LogP contribution in [0.3, 0.4) is 0 Å². The average Bonchev–Trinajstić information content (AvgIpc) is 3.37. The summed E-state index contributed by atoms with van der Waals surface area (Å²) in [5.41, 5.74) is 24.8. The zero-order chi connectivity index (χ0) is 48.4. The molecule has 0 saturated heterocycles. The number of benzene rings is 6. The summed E-state index contributed by atoms with van der Waals surface area (Å²) < 4.78 is 3.95. The quantitative estimate of drug-likeness (QED) is 0.0626. The highest BCUT2D eigenvalue weighted by Crippen LogP contribution is 2.29. The van der Waals surface area contributed by atoms with Gasteiger partial charge in [-0.15, -0.1) is 0 Å². The fourth-order valence-electron chi connectivity index (χ4n) is 7.45. The highest BCUT2D eigenvalue weighted by molar-refractivity contribution is 6.05. The Morgan fingerprint density at radius 3 is 1.06 bits per heavy atom. The molecule has 0 bridgehead atoms. The van der Waals surface area contributed by atoms with Crippen LogP contribution in [0.15, 0.2) is 207 Å². The molecule has 0 aliphatic heterocycles. The zero-order valence-electron chi connectivity index (χ0n) is 39.1. The third kappa shape index (κ3) is 13.1. The lowest BCUT2D eigenvalue weighted by Crippen LogP contribution is -3.00. The molecule has 0 aliphatic rings. The number of halogens is 2. The van der Waals surface area contributed by atoms with E-state index in [1.165, 1.54) is 0 Å². The number of nitrogens with zero attached hydrogens (tertiary/aromatic N) is 4. The minimum Gasteiger partial charge on any atom is -1.00 e. The molecule has 2 amide bonds. The number of nitrogens with one attached hydrogen (secondary N) is 6. The summed E-state index contributed by atoms with van der Waals surface area (Å²) in [6.45, 7) is 0. The summed E-state index contributed by atoms with van der Waals surface area (Å²) in [7, 11) is 3.95. The molecular formula is C56H50Cl2N12O2. The minimum atomic E-state index is -0.169. The Labute approximate surface area is 429 Å². The fourth-order valence-corrected chi connectivity index (χ4v) is 7.45. The summed E-state index contributed by atoms with van der Waals surface area (Å²) in [4.78, 5) is 34.2. The number of aromatic nitrogens is 4. The average molecular weight is 994 g/mol. The van der Waals surface area contributed by atoms with Gasteiger partial charge in [0.05, 0.1) is 22.4 Å². The SMILES string of the molecule is C[n+]1ccc(Nc2ccc(NC(=O)c3ccc(Nc4ccnc5cc(N)ccc45)cc3)cc2)cc1.C[n+]1ccc(Nc2ccc(NC(=O)c3ccc(Nc4ccnc5cc(N)ccc45)cc3)cc2)cc1.[Cl-].[Cl-]. The van der Waals surface area contributed by atoms with Crippen molar-refractivity contribution in [2.75, 3.05) is 43.4 Å². The van der Waals surface area contributed by atoms with Crippen molar-refractivity contribution in [3.63, 3.8) is 0 Å². The number of fused-ring (bicyclic) bond motifs is 2. The van der Waals surface area contributed by atoms with Crippen molar-refractivity contribution in [1.82, 2.24) is 9.97 Å². The van der Waals surface area contributed by atoms with Gasteiger partial charge in [-0.25, -0.2) is 9.13 Å². The Morgan fingerprint density at radius 2 is 0.694 bits per heavy atom. The number of nitrogens with two attached hydrogens (primary N) is 2. The first-order valence-corrected chi connectivity index (χ1v) is 22.4. The number of nitrogen functional groups attached to an aromatic ring is 2. The maximum Gasteiger partial charge on any atom is 0.255 e. The minimum absolute atomic E-state index is 0. The van der Waals surface area contributed by atoms with E-state index in [4.69, 9.17) is 11.5 Å². The predicted octanol–water partition coefficient (Wildman–Crippen LogP) is 4.77. The van der Waals surface area contributed by atoms with Gasteiger partial charge in [-0.2, -0.15) is 0 Å². The van der Waals surface area contributed by atoms with Crippen molar-refractivity contribution in [3.05, 3.63) is 218 Å². The van der Waals surface area contributed by atoms with E-state index in [1.807, 2.05) is 194 Å². The van der Waals surface area contributed by atoms with Crippen LogP contribution in [0.1, 0.15) is 20.7 Å². The van der Waals surface area contributed by atoms with Crippen LogP contribution in [-0.2, 0) is 14.1 Å². The third-order valence-corrected chi connectivity index (χ3v) is 11.2. The van der Waals surface area contributed by atoms with Crippen LogP contribution in [0.2, 0.25) is 0 Å². The van der Waals surface area contributed by atoms with E-state index in [0.717, 1.165) is 78.7 Å². The van der Waals surface area contributed by atoms with Crippen LogP contribution in [0.5, 0.6) is 0 Å². The number of hydrogen-bond acceptors (Lipinski definition) is 10. The first-order valence-electron chi connectivity index (χ1n) is 22.4. The van der Waals surface area contributed by atoms with Gasteiger partial charge in [0.2, 0.25) is 0 Å². The van der Waals surface area contributed by atoms with Gasteiger partial charge in [-0.3, -0.25) is 19.6 Å². The van der Waals surface area contributed by atoms with Gasteiger partial charge >= 0.3 is 0 Å². The molecule has 14 nitrogen and oxygen atoms in total. The smallest absolute Gasteiger partial charge is 0.255 e. The van der Waals surface area contributed by atoms with E-state index >= 15 is 0 Å². The maximum atomic E-state index is 12.7. The summed E-state index contributed by atoms with van der Waals surface area (Å²) >= 11 is 0. The second kappa shape index (κ2) is 23.4. The van der Waals surface area contributed by atoms with E-state index in [-0.39, 0.29) is 36.6 Å². The molecule has 4 heterocycles. The predicted molar refractivity (Wildman–Crippen MR) is 282 cm³/mol. The molecule has 0 atom stereocenters. The van der Waals surface area contributed by atoms with E-state index in [0.29, 0.717) is 22.5 Å². The fraction of sp³-hybridized carbons (Fsp3) is 0.0357. The summed E-state index contributed by atoms with van der Waals surface area (Å²) in [6.07, 6.45) is 11.4. The number of amides is 2. The molecule has 10 rings (SSSR count). The Balaban J connectivity index is 0.000000206. The summed E-state index contributed by atoms with van der Waals surface area (Å²) in [5.74, 6) is -0.338. The summed E-state index contributed by atoms with van der Waals surface area (Å²) in [6, 6.07) is 53.1. The van der Waals surface area contributed by atoms with Crippen LogP contribution < -0.4 is 77.3 Å². The highest BCUT2D eigenvalue weighted by Gasteiger charge is 2.11. The van der Waals surface area contributed by atoms with Crippen molar-refractivity contribution in [3.8, 4) is 0 Å². The van der Waals surface area contributed by atoms with Gasteiger partial charge in [-0.1, -0.05) is 0 Å². The molecule has 4 aromatic heterocycles. The third-order valence-electron chi connectivity index (χ3n) is 11.2. The molecule has 0 fully saturated rings. The van der Waals surface area contributed by atoms with Crippen LogP contribution in [0.4, 0.5) is 68.2 Å². The molecule has 72 heavy (non-hydrogen) atoms. The van der Waals surface area contributed by atoms with Gasteiger partial charge in [0.15, 0.2) is 24.8 Å². The Kier molecular flexibility index (Phi) is 16.4. The van der Waals surface area contributed by atoms with E-state index in [1.54, 1.807) is 36.7 Å². The molecule has 0 radical (unpaired) electrons. The Bertz CT molecular complexity index is 3200. The molecule has 0 saturated carbocycles. The second-order valence-electron chi connectivity index (χ2n) is 16.5. The maximum absolute atomic E-state index is 12.7. The molecule has 6 aromatic carbocycles. The number of aryl methyl sites for hydroxylation is 2. The molecule has 0 aliphatic carbocycles. The molecule has 0 spiro atoms. The molecule has 0 unspecified atom stereocenters. The zero-order valence-corrected chi connectivity index (χ0v) is 40.7. The van der Waals surface area contributed by atoms with Crippen molar-refractivity contribution >= 4 is 102 Å². The normalized spacial score (nSPS) is 10.4. The van der Waals surface area contributed by atoms with E-state index in [2.05, 4.69) is 41.9 Å². The number of carbonyl (C=O) groups excluding carboxylic acids is 2. The first kappa shape index (κ1) is 50.6. The van der Waals surface area contributed by atoms with Gasteiger partial charge in [0, 0.05) is 115 Å². The monoisotopic (exact) mass is 992 g/mol. The largest absolute Gasteiger partial charge is 1.00 e. The molecule has 16 heteroatoms.